The fourth-order valence-corrected chi connectivity index (χ4v) is 1.62. The smallest absolute Gasteiger partial charge is 0.257 e. The van der Waals surface area contributed by atoms with Gasteiger partial charge >= 0.3 is 0 Å². The number of rotatable bonds is 4. The van der Waals surface area contributed by atoms with Crippen LogP contribution in [0.3, 0.4) is 0 Å². The molecule has 0 radical (unpaired) electrons. The summed E-state index contributed by atoms with van der Waals surface area (Å²) in [6.07, 6.45) is 0.181. The molecular weight excluding hydrogens is 275 g/mol. The van der Waals surface area contributed by atoms with Crippen molar-refractivity contribution in [3.63, 3.8) is 0 Å². The molecule has 1 aromatic heterocycles. The van der Waals surface area contributed by atoms with E-state index < -0.39 is 35.0 Å². The fraction of sp³-hybridized carbons (Fsp3) is 0.154. The van der Waals surface area contributed by atoms with E-state index in [-0.39, 0.29) is 12.3 Å². The maximum absolute atomic E-state index is 13.3. The minimum atomic E-state index is -1.31. The van der Waals surface area contributed by atoms with Crippen LogP contribution in [-0.4, -0.2) is 17.6 Å². The Labute approximate surface area is 111 Å². The second-order valence-corrected chi connectivity index (χ2v) is 3.99. The number of furan rings is 1. The van der Waals surface area contributed by atoms with Crippen LogP contribution >= 0.6 is 0 Å². The zero-order valence-electron chi connectivity index (χ0n) is 10.1. The van der Waals surface area contributed by atoms with Crippen molar-refractivity contribution in [2.75, 3.05) is 6.54 Å². The number of aliphatic hydroxyl groups is 1. The van der Waals surface area contributed by atoms with E-state index in [4.69, 9.17) is 4.42 Å². The first-order valence-corrected chi connectivity index (χ1v) is 5.63. The molecule has 20 heavy (non-hydrogen) atoms. The molecule has 2 rings (SSSR count). The molecule has 0 bridgehead atoms. The number of benzene rings is 1. The predicted octanol–water partition coefficient (Wildman–Crippen LogP) is 2.16. The second kappa shape index (κ2) is 5.79. The largest absolute Gasteiger partial charge is 0.467 e. The third kappa shape index (κ3) is 3.00. The average molecular weight is 285 g/mol. The van der Waals surface area contributed by atoms with Crippen molar-refractivity contribution < 1.29 is 27.5 Å². The van der Waals surface area contributed by atoms with Crippen molar-refractivity contribution in [2.45, 2.75) is 6.10 Å². The molecule has 0 saturated heterocycles. The van der Waals surface area contributed by atoms with Crippen molar-refractivity contribution in [3.05, 3.63) is 59.3 Å². The summed E-state index contributed by atoms with van der Waals surface area (Å²) in [6, 6.07) is 3.83. The van der Waals surface area contributed by atoms with Crippen LogP contribution in [-0.2, 0) is 0 Å². The fourth-order valence-electron chi connectivity index (χ4n) is 1.62. The van der Waals surface area contributed by atoms with Gasteiger partial charge < -0.3 is 14.8 Å². The highest BCUT2D eigenvalue weighted by atomic mass is 19.1. The van der Waals surface area contributed by atoms with Gasteiger partial charge in [-0.3, -0.25) is 4.79 Å². The highest BCUT2D eigenvalue weighted by molar-refractivity contribution is 5.94. The van der Waals surface area contributed by atoms with Crippen LogP contribution in [0.25, 0.3) is 0 Å². The SMILES string of the molecule is O=C(NCC(O)c1ccco1)c1c(F)cc(F)cc1F. The van der Waals surface area contributed by atoms with Gasteiger partial charge in [-0.05, 0) is 12.1 Å². The molecule has 1 unspecified atom stereocenters. The van der Waals surface area contributed by atoms with Gasteiger partial charge in [0.2, 0.25) is 0 Å². The lowest BCUT2D eigenvalue weighted by atomic mass is 10.1. The Hall–Kier alpha value is -2.28. The Bertz CT molecular complexity index is 590. The van der Waals surface area contributed by atoms with Gasteiger partial charge in [0.25, 0.3) is 5.91 Å². The molecule has 0 spiro atoms. The van der Waals surface area contributed by atoms with Gasteiger partial charge in [0.05, 0.1) is 12.8 Å². The van der Waals surface area contributed by atoms with E-state index in [2.05, 4.69) is 5.32 Å². The number of carbonyl (C=O) groups is 1. The first-order chi connectivity index (χ1) is 9.49. The summed E-state index contributed by atoms with van der Waals surface area (Å²) >= 11 is 0. The number of hydrogen-bond donors (Lipinski definition) is 2. The molecule has 7 heteroatoms. The van der Waals surface area contributed by atoms with Gasteiger partial charge in [0, 0.05) is 12.1 Å². The first kappa shape index (κ1) is 14.1. The third-order valence-corrected chi connectivity index (χ3v) is 2.56. The Morgan fingerprint density at radius 3 is 2.50 bits per heavy atom. The Morgan fingerprint density at radius 2 is 1.95 bits per heavy atom. The zero-order valence-corrected chi connectivity index (χ0v) is 10.1. The van der Waals surface area contributed by atoms with Crippen LogP contribution in [0.4, 0.5) is 13.2 Å². The first-order valence-electron chi connectivity index (χ1n) is 5.63. The van der Waals surface area contributed by atoms with E-state index in [9.17, 15) is 23.1 Å². The van der Waals surface area contributed by atoms with Crippen LogP contribution in [0, 0.1) is 17.5 Å². The van der Waals surface area contributed by atoms with Crippen molar-refractivity contribution in [3.8, 4) is 0 Å². The summed E-state index contributed by atoms with van der Waals surface area (Å²) in [5.74, 6) is -4.64. The summed E-state index contributed by atoms with van der Waals surface area (Å²) in [7, 11) is 0. The van der Waals surface area contributed by atoms with Crippen molar-refractivity contribution >= 4 is 5.91 Å². The molecule has 4 nitrogen and oxygen atoms in total. The topological polar surface area (TPSA) is 62.5 Å². The molecular formula is C13H10F3NO3. The molecule has 0 fully saturated rings. The number of aliphatic hydroxyl groups excluding tert-OH is 1. The summed E-state index contributed by atoms with van der Waals surface area (Å²) in [5.41, 5.74) is -0.905. The van der Waals surface area contributed by atoms with Crippen molar-refractivity contribution in [1.82, 2.24) is 5.32 Å². The third-order valence-electron chi connectivity index (χ3n) is 2.56. The van der Waals surface area contributed by atoms with Gasteiger partial charge in [0.1, 0.15) is 34.9 Å². The van der Waals surface area contributed by atoms with Crippen LogP contribution in [0.2, 0.25) is 0 Å². The van der Waals surface area contributed by atoms with E-state index >= 15 is 0 Å². The maximum Gasteiger partial charge on any atom is 0.257 e. The molecule has 2 N–H and O–H groups in total. The monoisotopic (exact) mass is 285 g/mol. The summed E-state index contributed by atoms with van der Waals surface area (Å²) < 4.78 is 44.3. The minimum Gasteiger partial charge on any atom is -0.467 e. The quantitative estimate of drug-likeness (QED) is 0.905. The van der Waals surface area contributed by atoms with Crippen molar-refractivity contribution in [1.29, 1.82) is 0 Å². The van der Waals surface area contributed by atoms with Crippen molar-refractivity contribution in [2.24, 2.45) is 0 Å². The Kier molecular flexibility index (Phi) is 4.09. The van der Waals surface area contributed by atoms with E-state index in [1.54, 1.807) is 6.07 Å². The number of carbonyl (C=O) groups excluding carboxylic acids is 1. The molecule has 1 amide bonds. The van der Waals surface area contributed by atoms with Crippen LogP contribution < -0.4 is 5.32 Å². The number of amides is 1. The van der Waals surface area contributed by atoms with Crippen LogP contribution in [0.15, 0.2) is 34.9 Å². The minimum absolute atomic E-state index is 0.199. The zero-order chi connectivity index (χ0) is 14.7. The normalized spacial score (nSPS) is 12.2. The highest BCUT2D eigenvalue weighted by Gasteiger charge is 2.20. The molecule has 0 saturated carbocycles. The number of nitrogens with one attached hydrogen (secondary N) is 1. The van der Waals surface area contributed by atoms with Gasteiger partial charge in [-0.1, -0.05) is 0 Å². The molecule has 2 aromatic rings. The summed E-state index contributed by atoms with van der Waals surface area (Å²) in [6.45, 7) is -0.303. The van der Waals surface area contributed by atoms with E-state index in [1.807, 2.05) is 0 Å². The maximum atomic E-state index is 13.3. The lowest BCUT2D eigenvalue weighted by Gasteiger charge is -2.10. The van der Waals surface area contributed by atoms with Crippen LogP contribution in [0.1, 0.15) is 22.2 Å². The van der Waals surface area contributed by atoms with Gasteiger partial charge in [0.15, 0.2) is 0 Å². The molecule has 0 aliphatic heterocycles. The average Bonchev–Trinajstić information content (AvgIpc) is 2.88. The standard InChI is InChI=1S/C13H10F3NO3/c14-7-4-8(15)12(9(16)5-7)13(19)17-6-10(18)11-2-1-3-20-11/h1-5,10,18H,6H2,(H,17,19). The van der Waals surface area contributed by atoms with E-state index in [0.717, 1.165) is 0 Å². The lowest BCUT2D eigenvalue weighted by Crippen LogP contribution is -2.29. The predicted molar refractivity (Wildman–Crippen MR) is 62.3 cm³/mol. The van der Waals surface area contributed by atoms with Gasteiger partial charge in [-0.25, -0.2) is 13.2 Å². The summed E-state index contributed by atoms with van der Waals surface area (Å²) in [4.78, 5) is 11.6. The number of halogens is 3. The molecule has 106 valence electrons. The highest BCUT2D eigenvalue weighted by Crippen LogP contribution is 2.16. The van der Waals surface area contributed by atoms with E-state index in [1.165, 1.54) is 12.3 Å². The number of hydrogen-bond acceptors (Lipinski definition) is 3. The summed E-state index contributed by atoms with van der Waals surface area (Å²) in [5, 5.41) is 11.8. The van der Waals surface area contributed by atoms with Gasteiger partial charge in [-0.2, -0.15) is 0 Å². The molecule has 1 heterocycles. The molecule has 1 atom stereocenters. The second-order valence-electron chi connectivity index (χ2n) is 3.99. The molecule has 0 aliphatic carbocycles. The van der Waals surface area contributed by atoms with E-state index in [0.29, 0.717) is 12.1 Å². The lowest BCUT2D eigenvalue weighted by molar-refractivity contribution is 0.0892. The molecule has 0 aliphatic rings. The Balaban J connectivity index is 2.06. The van der Waals surface area contributed by atoms with Gasteiger partial charge in [-0.15, -0.1) is 0 Å². The Morgan fingerprint density at radius 1 is 1.30 bits per heavy atom. The molecule has 1 aromatic carbocycles. The van der Waals surface area contributed by atoms with Crippen LogP contribution in [0.5, 0.6) is 0 Å².